The average Bonchev–Trinajstić information content (AvgIpc) is 2.05. The molecule has 1 aromatic rings. The van der Waals surface area contributed by atoms with Gasteiger partial charge in [-0.05, 0) is 5.56 Å². The molecule has 1 atom stereocenters. The normalized spacial score (nSPS) is 12.9. The second-order valence-corrected chi connectivity index (χ2v) is 2.75. The molecule has 11 heavy (non-hydrogen) atoms. The third-order valence-electron chi connectivity index (χ3n) is 1.78. The fourth-order valence-corrected chi connectivity index (χ4v) is 0.930. The molecule has 56 valence electrons. The molecule has 1 nitrogen and oxygen atoms in total. The number of rotatable bonds is 2. The summed E-state index contributed by atoms with van der Waals surface area (Å²) < 4.78 is 0. The lowest BCUT2D eigenvalue weighted by Crippen LogP contribution is -2.04. The first-order valence-electron chi connectivity index (χ1n) is 3.70. The molecule has 0 aliphatic rings. The van der Waals surface area contributed by atoms with Gasteiger partial charge in [0.05, 0.1) is 0 Å². The summed E-state index contributed by atoms with van der Waals surface area (Å²) in [6.45, 7) is 2.16. The van der Waals surface area contributed by atoms with E-state index in [1.807, 2.05) is 31.2 Å². The summed E-state index contributed by atoms with van der Waals surface area (Å²) in [7, 11) is 5.51. The molecule has 1 rings (SSSR count). The first-order valence-corrected chi connectivity index (χ1v) is 3.70. The molecule has 0 heterocycles. The lowest BCUT2D eigenvalue weighted by Gasteiger charge is -2.07. The minimum atomic E-state index is 0.184. The van der Waals surface area contributed by atoms with Gasteiger partial charge in [-0.2, -0.15) is 0 Å². The summed E-state index contributed by atoms with van der Waals surface area (Å²) in [6, 6.07) is 7.58. The van der Waals surface area contributed by atoms with Gasteiger partial charge >= 0.3 is 0 Å². The molecule has 0 fully saturated rings. The van der Waals surface area contributed by atoms with Crippen molar-refractivity contribution in [2.75, 3.05) is 6.61 Å². The van der Waals surface area contributed by atoms with Crippen LogP contribution in [0.5, 0.6) is 0 Å². The third-order valence-corrected chi connectivity index (χ3v) is 1.78. The molecule has 0 saturated heterocycles. The third kappa shape index (κ3) is 2.09. The monoisotopic (exact) mass is 146 g/mol. The van der Waals surface area contributed by atoms with Crippen molar-refractivity contribution >= 4 is 13.3 Å². The summed E-state index contributed by atoms with van der Waals surface area (Å²) in [6.07, 6.45) is 0. The first kappa shape index (κ1) is 8.34. The zero-order chi connectivity index (χ0) is 8.27. The van der Waals surface area contributed by atoms with E-state index in [1.165, 1.54) is 0 Å². The highest BCUT2D eigenvalue weighted by Gasteiger charge is 2.01. The Morgan fingerprint density at radius 3 is 2.36 bits per heavy atom. The SMILES string of the molecule is [B]c1ccc(C(C)CO)cc1. The van der Waals surface area contributed by atoms with E-state index in [0.717, 1.165) is 11.0 Å². The molecule has 0 aromatic heterocycles. The Kier molecular flexibility index (Phi) is 2.72. The number of hydrogen-bond acceptors (Lipinski definition) is 1. The largest absolute Gasteiger partial charge is 0.396 e. The molecule has 2 heteroatoms. The molecular formula is C9H11BO. The number of aliphatic hydroxyl groups excluding tert-OH is 1. The zero-order valence-corrected chi connectivity index (χ0v) is 6.62. The molecule has 1 N–H and O–H groups in total. The van der Waals surface area contributed by atoms with E-state index in [2.05, 4.69) is 0 Å². The van der Waals surface area contributed by atoms with Crippen molar-refractivity contribution in [1.82, 2.24) is 0 Å². The number of benzene rings is 1. The Morgan fingerprint density at radius 2 is 1.91 bits per heavy atom. The van der Waals surface area contributed by atoms with E-state index >= 15 is 0 Å². The molecule has 0 bridgehead atoms. The van der Waals surface area contributed by atoms with Gasteiger partial charge in [0.15, 0.2) is 0 Å². The summed E-state index contributed by atoms with van der Waals surface area (Å²) in [5, 5.41) is 8.83. The molecule has 0 saturated carbocycles. The second-order valence-electron chi connectivity index (χ2n) is 2.75. The van der Waals surface area contributed by atoms with Crippen LogP contribution in [0.15, 0.2) is 24.3 Å². The van der Waals surface area contributed by atoms with Crippen LogP contribution in [0, 0.1) is 0 Å². The van der Waals surface area contributed by atoms with Gasteiger partial charge in [-0.15, -0.1) is 0 Å². The van der Waals surface area contributed by atoms with Gasteiger partial charge in [0, 0.05) is 12.5 Å². The smallest absolute Gasteiger partial charge is 0.113 e. The molecule has 0 spiro atoms. The van der Waals surface area contributed by atoms with Crippen molar-refractivity contribution in [3.63, 3.8) is 0 Å². The van der Waals surface area contributed by atoms with Crippen LogP contribution in [-0.4, -0.2) is 19.6 Å². The van der Waals surface area contributed by atoms with E-state index in [1.54, 1.807) is 0 Å². The minimum absolute atomic E-state index is 0.184. The summed E-state index contributed by atoms with van der Waals surface area (Å²) >= 11 is 0. The van der Waals surface area contributed by atoms with Gasteiger partial charge in [0.25, 0.3) is 0 Å². The predicted octanol–water partition coefficient (Wildman–Crippen LogP) is 0.576. The van der Waals surface area contributed by atoms with Crippen molar-refractivity contribution < 1.29 is 5.11 Å². The van der Waals surface area contributed by atoms with Gasteiger partial charge in [-0.3, -0.25) is 0 Å². The molecule has 0 amide bonds. The van der Waals surface area contributed by atoms with Crippen LogP contribution in [0.4, 0.5) is 0 Å². The number of aliphatic hydroxyl groups is 1. The molecule has 1 aromatic carbocycles. The van der Waals surface area contributed by atoms with Crippen LogP contribution in [0.2, 0.25) is 0 Å². The predicted molar refractivity (Wildman–Crippen MR) is 47.3 cm³/mol. The van der Waals surface area contributed by atoms with Crippen LogP contribution < -0.4 is 5.46 Å². The Balaban J connectivity index is 2.81. The lowest BCUT2D eigenvalue weighted by atomic mass is 9.92. The van der Waals surface area contributed by atoms with Gasteiger partial charge in [-0.25, -0.2) is 0 Å². The van der Waals surface area contributed by atoms with E-state index in [9.17, 15) is 0 Å². The molecule has 1 unspecified atom stereocenters. The Morgan fingerprint density at radius 1 is 1.36 bits per heavy atom. The number of hydrogen-bond donors (Lipinski definition) is 1. The second kappa shape index (κ2) is 3.58. The fraction of sp³-hybridized carbons (Fsp3) is 0.333. The van der Waals surface area contributed by atoms with Crippen molar-refractivity contribution in [2.45, 2.75) is 12.8 Å². The minimum Gasteiger partial charge on any atom is -0.396 e. The zero-order valence-electron chi connectivity index (χ0n) is 6.62. The topological polar surface area (TPSA) is 20.2 Å². The van der Waals surface area contributed by atoms with Gasteiger partial charge in [-0.1, -0.05) is 36.7 Å². The summed E-state index contributed by atoms with van der Waals surface area (Å²) in [5.41, 5.74) is 1.89. The first-order chi connectivity index (χ1) is 5.24. The van der Waals surface area contributed by atoms with Crippen molar-refractivity contribution in [2.24, 2.45) is 0 Å². The highest BCUT2D eigenvalue weighted by atomic mass is 16.3. The van der Waals surface area contributed by atoms with Crippen LogP contribution >= 0.6 is 0 Å². The maximum Gasteiger partial charge on any atom is 0.113 e. The van der Waals surface area contributed by atoms with Crippen molar-refractivity contribution in [3.05, 3.63) is 29.8 Å². The molecular weight excluding hydrogens is 135 g/mol. The van der Waals surface area contributed by atoms with E-state index in [0.29, 0.717) is 0 Å². The molecule has 2 radical (unpaired) electrons. The van der Waals surface area contributed by atoms with E-state index in [-0.39, 0.29) is 12.5 Å². The highest BCUT2D eigenvalue weighted by molar-refractivity contribution is 6.32. The highest BCUT2D eigenvalue weighted by Crippen LogP contribution is 2.11. The van der Waals surface area contributed by atoms with Crippen molar-refractivity contribution in [3.8, 4) is 0 Å². The summed E-state index contributed by atoms with van der Waals surface area (Å²) in [4.78, 5) is 0. The average molecular weight is 146 g/mol. The van der Waals surface area contributed by atoms with Crippen LogP contribution in [0.25, 0.3) is 0 Å². The van der Waals surface area contributed by atoms with Gasteiger partial charge < -0.3 is 5.11 Å². The van der Waals surface area contributed by atoms with Gasteiger partial charge in [0.2, 0.25) is 0 Å². The fourth-order valence-electron chi connectivity index (χ4n) is 0.930. The van der Waals surface area contributed by atoms with Crippen LogP contribution in [0.1, 0.15) is 18.4 Å². The van der Waals surface area contributed by atoms with Crippen molar-refractivity contribution in [1.29, 1.82) is 0 Å². The molecule has 0 aliphatic heterocycles. The standard InChI is InChI=1S/C9H11BO/c1-7(6-11)8-2-4-9(10)5-3-8/h2-5,7,11H,6H2,1H3. The Hall–Kier alpha value is -0.755. The van der Waals surface area contributed by atoms with Gasteiger partial charge in [0.1, 0.15) is 7.85 Å². The lowest BCUT2D eigenvalue weighted by molar-refractivity contribution is 0.273. The van der Waals surface area contributed by atoms with E-state index < -0.39 is 0 Å². The maximum absolute atomic E-state index is 8.83. The summed E-state index contributed by atoms with van der Waals surface area (Å²) in [5.74, 6) is 0.204. The van der Waals surface area contributed by atoms with E-state index in [4.69, 9.17) is 13.0 Å². The maximum atomic E-state index is 8.83. The Labute approximate surface area is 68.5 Å². The van der Waals surface area contributed by atoms with Crippen LogP contribution in [-0.2, 0) is 0 Å². The quantitative estimate of drug-likeness (QED) is 0.605. The Bertz CT molecular complexity index is 218. The molecule has 0 aliphatic carbocycles. The van der Waals surface area contributed by atoms with Crippen LogP contribution in [0.3, 0.4) is 0 Å².